The summed E-state index contributed by atoms with van der Waals surface area (Å²) in [7, 11) is 1.13. The standard InChI is InChI=1S/C70H124NO8P/c1-6-8-10-12-14-16-18-20-22-24-26-28-29-30-31-32-33-34-35-36-37-38-39-40-41-43-44-46-48-50-52-54-56-58-60-62-69(72)76-66-68(67-78-80(74,75)77-65-64-71(3,4)5)79-70(73)63-61-59-57-55-53-51-49-47-45-42-27-25-23-21-19-17-15-13-11-9-7-2/h9,11,15,17-18,20-21,23-24,26-27,42,47,49,53,55,68H,6-8,10,12-14,16,19,22,25,28-41,43-46,48,50-52,54,56-67H2,1-5H3/b11-9-,17-15-,20-18-,23-21-,26-24-,42-27-,49-47-,55-53-. The number of carbonyl (C=O) groups is 2. The van der Waals surface area contributed by atoms with Crippen molar-refractivity contribution in [1.29, 1.82) is 0 Å². The molecule has 0 aliphatic rings. The second-order valence-electron chi connectivity index (χ2n) is 23.1. The second-order valence-corrected chi connectivity index (χ2v) is 24.5. The highest BCUT2D eigenvalue weighted by Gasteiger charge is 2.22. The van der Waals surface area contributed by atoms with Crippen LogP contribution in [0.2, 0.25) is 0 Å². The number of nitrogens with zero attached hydrogens (tertiary/aromatic N) is 1. The van der Waals surface area contributed by atoms with Crippen LogP contribution in [0.15, 0.2) is 97.2 Å². The van der Waals surface area contributed by atoms with E-state index >= 15 is 0 Å². The zero-order valence-corrected chi connectivity index (χ0v) is 53.4. The molecule has 0 aromatic heterocycles. The summed E-state index contributed by atoms with van der Waals surface area (Å²) in [6.07, 6.45) is 83.5. The van der Waals surface area contributed by atoms with Gasteiger partial charge in [-0.3, -0.25) is 14.2 Å². The Morgan fingerprint density at radius 3 is 1.09 bits per heavy atom. The van der Waals surface area contributed by atoms with Crippen molar-refractivity contribution >= 4 is 19.8 Å². The van der Waals surface area contributed by atoms with E-state index in [2.05, 4.69) is 111 Å². The molecule has 0 rings (SSSR count). The highest BCUT2D eigenvalue weighted by atomic mass is 31.2. The second kappa shape index (κ2) is 60.5. The third kappa shape index (κ3) is 64.1. The normalized spacial score (nSPS) is 13.8. The molecule has 0 amide bonds. The molecule has 0 spiro atoms. The lowest BCUT2D eigenvalue weighted by Crippen LogP contribution is -2.37. The van der Waals surface area contributed by atoms with Crippen LogP contribution in [0.5, 0.6) is 0 Å². The Kier molecular flexibility index (Phi) is 58.2. The van der Waals surface area contributed by atoms with Gasteiger partial charge in [0.1, 0.15) is 19.8 Å². The Hall–Kier alpha value is -3.07. The summed E-state index contributed by atoms with van der Waals surface area (Å²) in [6.45, 7) is 4.08. The number of phosphoric acid groups is 1. The van der Waals surface area contributed by atoms with Gasteiger partial charge in [0.15, 0.2) is 6.10 Å². The minimum atomic E-state index is -4.66. The van der Waals surface area contributed by atoms with Crippen molar-refractivity contribution in [3.8, 4) is 0 Å². The molecule has 0 bridgehead atoms. The van der Waals surface area contributed by atoms with Crippen molar-refractivity contribution < 1.29 is 42.1 Å². The number of hydrogen-bond donors (Lipinski definition) is 0. The molecule has 0 heterocycles. The van der Waals surface area contributed by atoms with Gasteiger partial charge in [-0.15, -0.1) is 0 Å². The summed E-state index contributed by atoms with van der Waals surface area (Å²) in [5.74, 6) is -0.880. The number of rotatable bonds is 60. The summed E-state index contributed by atoms with van der Waals surface area (Å²) in [5.41, 5.74) is 0. The van der Waals surface area contributed by atoms with E-state index in [0.717, 1.165) is 77.0 Å². The highest BCUT2D eigenvalue weighted by Crippen LogP contribution is 2.38. The fourth-order valence-electron chi connectivity index (χ4n) is 9.04. The average Bonchev–Trinajstić information content (AvgIpc) is 3.42. The van der Waals surface area contributed by atoms with Gasteiger partial charge >= 0.3 is 11.9 Å². The van der Waals surface area contributed by atoms with Gasteiger partial charge in [-0.05, 0) is 96.3 Å². The third-order valence-corrected chi connectivity index (χ3v) is 15.1. The maximum Gasteiger partial charge on any atom is 0.306 e. The molecule has 0 fully saturated rings. The summed E-state index contributed by atoms with van der Waals surface area (Å²) >= 11 is 0. The maximum absolute atomic E-state index is 12.8. The fourth-order valence-corrected chi connectivity index (χ4v) is 9.77. The molecule has 0 radical (unpaired) electrons. The Balaban J connectivity index is 4.05. The van der Waals surface area contributed by atoms with E-state index in [0.29, 0.717) is 17.4 Å². The highest BCUT2D eigenvalue weighted by molar-refractivity contribution is 7.45. The topological polar surface area (TPSA) is 111 Å². The van der Waals surface area contributed by atoms with Gasteiger partial charge in [0, 0.05) is 12.8 Å². The van der Waals surface area contributed by atoms with Crippen LogP contribution in [0.1, 0.15) is 284 Å². The number of allylic oxidation sites excluding steroid dienone is 16. The number of unbranched alkanes of at least 4 members (excludes halogenated alkanes) is 30. The van der Waals surface area contributed by atoms with Crippen LogP contribution < -0.4 is 4.89 Å². The molecular weight excluding hydrogens is 1010 g/mol. The van der Waals surface area contributed by atoms with Crippen molar-refractivity contribution in [3.05, 3.63) is 97.2 Å². The first-order valence-corrected chi connectivity index (χ1v) is 34.4. The van der Waals surface area contributed by atoms with E-state index in [1.807, 2.05) is 21.1 Å². The minimum Gasteiger partial charge on any atom is -0.756 e. The van der Waals surface area contributed by atoms with E-state index in [4.69, 9.17) is 18.5 Å². The van der Waals surface area contributed by atoms with E-state index in [1.165, 1.54) is 173 Å². The van der Waals surface area contributed by atoms with Gasteiger partial charge in [-0.25, -0.2) is 0 Å². The Bertz CT molecular complexity index is 1670. The number of quaternary nitrogens is 1. The van der Waals surface area contributed by atoms with Crippen molar-refractivity contribution in [1.82, 2.24) is 0 Å². The van der Waals surface area contributed by atoms with Crippen molar-refractivity contribution in [2.45, 2.75) is 290 Å². The van der Waals surface area contributed by atoms with Crippen LogP contribution in [-0.2, 0) is 32.7 Å². The Morgan fingerprint density at radius 2 is 0.713 bits per heavy atom. The van der Waals surface area contributed by atoms with Crippen LogP contribution in [-0.4, -0.2) is 70.0 Å². The predicted octanol–water partition coefficient (Wildman–Crippen LogP) is 20.5. The van der Waals surface area contributed by atoms with Crippen LogP contribution in [0.4, 0.5) is 0 Å². The molecule has 0 saturated heterocycles. The van der Waals surface area contributed by atoms with Crippen molar-refractivity contribution in [2.75, 3.05) is 47.5 Å². The number of hydrogen-bond acceptors (Lipinski definition) is 8. The zero-order valence-electron chi connectivity index (χ0n) is 52.5. The van der Waals surface area contributed by atoms with E-state index in [9.17, 15) is 19.0 Å². The monoisotopic (exact) mass is 1140 g/mol. The van der Waals surface area contributed by atoms with Gasteiger partial charge in [0.2, 0.25) is 0 Å². The SMILES string of the molecule is CC/C=C\C/C=C\C/C=C\C/C=C\C/C=C\C/C=C\CCCCC(=O)OC(COC(=O)CCCCCCCCCCCCCCCCCCCCCCCCC/C=C\C/C=C\CCCCCCC)COP(=O)([O-])OCC[N+](C)(C)C. The first-order valence-electron chi connectivity index (χ1n) is 32.9. The summed E-state index contributed by atoms with van der Waals surface area (Å²) in [6, 6.07) is 0. The fraction of sp³-hybridized carbons (Fsp3) is 0.743. The molecule has 0 saturated carbocycles. The molecule has 2 unspecified atom stereocenters. The van der Waals surface area contributed by atoms with Gasteiger partial charge in [0.05, 0.1) is 27.7 Å². The predicted molar refractivity (Wildman–Crippen MR) is 342 cm³/mol. The molecule has 0 N–H and O–H groups in total. The molecule has 10 heteroatoms. The molecule has 0 aromatic carbocycles. The van der Waals surface area contributed by atoms with E-state index in [1.54, 1.807) is 0 Å². The van der Waals surface area contributed by atoms with Gasteiger partial charge in [-0.1, -0.05) is 272 Å². The largest absolute Gasteiger partial charge is 0.756 e. The summed E-state index contributed by atoms with van der Waals surface area (Å²) < 4.78 is 34.2. The quantitative estimate of drug-likeness (QED) is 0.0195. The van der Waals surface area contributed by atoms with Crippen molar-refractivity contribution in [3.63, 3.8) is 0 Å². The smallest absolute Gasteiger partial charge is 0.306 e. The van der Waals surface area contributed by atoms with Gasteiger partial charge in [0.25, 0.3) is 7.82 Å². The Labute approximate surface area is 493 Å². The molecule has 0 aliphatic carbocycles. The molecule has 0 aliphatic heterocycles. The molecule has 9 nitrogen and oxygen atoms in total. The lowest BCUT2D eigenvalue weighted by Gasteiger charge is -2.28. The summed E-state index contributed by atoms with van der Waals surface area (Å²) in [5, 5.41) is 0. The number of likely N-dealkylation sites (N-methyl/N-ethyl adjacent to an activating group) is 1. The molecule has 462 valence electrons. The summed E-state index contributed by atoms with van der Waals surface area (Å²) in [4.78, 5) is 37.9. The van der Waals surface area contributed by atoms with Crippen LogP contribution >= 0.6 is 7.82 Å². The average molecular weight is 1140 g/mol. The maximum atomic E-state index is 12.8. The molecule has 0 aromatic rings. The third-order valence-electron chi connectivity index (χ3n) is 14.1. The first-order chi connectivity index (χ1) is 39.0. The number of ether oxygens (including phenoxy) is 2. The lowest BCUT2D eigenvalue weighted by atomic mass is 10.0. The Morgan fingerprint density at radius 1 is 0.400 bits per heavy atom. The number of phosphoric ester groups is 1. The van der Waals surface area contributed by atoms with Crippen LogP contribution in [0.3, 0.4) is 0 Å². The van der Waals surface area contributed by atoms with Crippen molar-refractivity contribution in [2.24, 2.45) is 0 Å². The van der Waals surface area contributed by atoms with Crippen LogP contribution in [0, 0.1) is 0 Å². The first kappa shape index (κ1) is 76.9. The van der Waals surface area contributed by atoms with E-state index in [-0.39, 0.29) is 26.1 Å². The number of esters is 2. The molecule has 80 heavy (non-hydrogen) atoms. The lowest BCUT2D eigenvalue weighted by molar-refractivity contribution is -0.870. The molecular formula is C70H124NO8P. The van der Waals surface area contributed by atoms with E-state index < -0.39 is 32.5 Å². The van der Waals surface area contributed by atoms with Crippen LogP contribution in [0.25, 0.3) is 0 Å². The number of carbonyl (C=O) groups excluding carboxylic acids is 2. The molecule has 2 atom stereocenters. The van der Waals surface area contributed by atoms with Gasteiger partial charge in [-0.2, -0.15) is 0 Å². The minimum absolute atomic E-state index is 0.0429. The van der Waals surface area contributed by atoms with Gasteiger partial charge < -0.3 is 27.9 Å². The zero-order chi connectivity index (χ0) is 58.4.